The summed E-state index contributed by atoms with van der Waals surface area (Å²) >= 11 is 0. The van der Waals surface area contributed by atoms with E-state index in [-0.39, 0.29) is 5.91 Å². The van der Waals surface area contributed by atoms with Gasteiger partial charge < -0.3 is 10.1 Å². The molecular formula is C14H24N4O2. The zero-order valence-corrected chi connectivity index (χ0v) is 12.3. The summed E-state index contributed by atoms with van der Waals surface area (Å²) in [6.07, 6.45) is 4.29. The Labute approximate surface area is 119 Å². The number of morpholine rings is 1. The molecule has 1 amide bonds. The van der Waals surface area contributed by atoms with Crippen molar-refractivity contribution in [3.05, 3.63) is 18.0 Å². The minimum atomic E-state index is -0.0869. The molecule has 6 heteroatoms. The lowest BCUT2D eigenvalue weighted by atomic mass is 10.2. The Morgan fingerprint density at radius 1 is 1.45 bits per heavy atom. The molecule has 0 aliphatic carbocycles. The van der Waals surface area contributed by atoms with Gasteiger partial charge in [-0.2, -0.15) is 5.10 Å². The topological polar surface area (TPSA) is 70.2 Å². The fraction of sp³-hybridized carbons (Fsp3) is 0.714. The normalized spacial score (nSPS) is 23.7. The Kier molecular flexibility index (Phi) is 5.55. The highest BCUT2D eigenvalue weighted by Gasteiger charge is 2.21. The summed E-state index contributed by atoms with van der Waals surface area (Å²) in [5, 5.41) is 9.30. The van der Waals surface area contributed by atoms with Crippen molar-refractivity contribution in [2.24, 2.45) is 0 Å². The van der Waals surface area contributed by atoms with E-state index < -0.39 is 0 Å². The maximum absolute atomic E-state index is 11.6. The maximum Gasteiger partial charge on any atom is 0.269 e. The van der Waals surface area contributed by atoms with E-state index in [2.05, 4.69) is 34.3 Å². The van der Waals surface area contributed by atoms with Gasteiger partial charge in [0.05, 0.1) is 12.2 Å². The van der Waals surface area contributed by atoms with Crippen molar-refractivity contribution in [2.45, 2.75) is 38.9 Å². The molecule has 0 saturated carbocycles. The second-order valence-corrected chi connectivity index (χ2v) is 5.45. The highest BCUT2D eigenvalue weighted by atomic mass is 16.5. The molecule has 0 bridgehead atoms. The van der Waals surface area contributed by atoms with Crippen LogP contribution in [0.25, 0.3) is 0 Å². The molecule has 6 nitrogen and oxygen atoms in total. The average molecular weight is 280 g/mol. The Morgan fingerprint density at radius 3 is 2.85 bits per heavy atom. The minimum Gasteiger partial charge on any atom is -0.373 e. The number of aromatic nitrogens is 2. The number of nitrogens with zero attached hydrogens (tertiary/aromatic N) is 2. The molecule has 1 aliphatic rings. The smallest absolute Gasteiger partial charge is 0.269 e. The fourth-order valence-electron chi connectivity index (χ4n) is 2.61. The molecule has 2 heterocycles. The number of carbonyl (C=O) groups is 1. The maximum atomic E-state index is 11.6. The van der Waals surface area contributed by atoms with Gasteiger partial charge in [0.15, 0.2) is 0 Å². The van der Waals surface area contributed by atoms with Gasteiger partial charge in [0.2, 0.25) is 0 Å². The van der Waals surface area contributed by atoms with Crippen molar-refractivity contribution in [3.63, 3.8) is 0 Å². The molecule has 2 rings (SSSR count). The van der Waals surface area contributed by atoms with E-state index >= 15 is 0 Å². The number of H-pyrrole nitrogens is 1. The van der Waals surface area contributed by atoms with Crippen LogP contribution >= 0.6 is 0 Å². The monoisotopic (exact) mass is 280 g/mol. The second-order valence-electron chi connectivity index (χ2n) is 5.45. The number of aromatic amines is 1. The van der Waals surface area contributed by atoms with Gasteiger partial charge in [-0.1, -0.05) is 0 Å². The molecule has 0 unspecified atom stereocenters. The van der Waals surface area contributed by atoms with Gasteiger partial charge in [-0.3, -0.25) is 14.8 Å². The van der Waals surface area contributed by atoms with Crippen molar-refractivity contribution in [2.75, 3.05) is 26.2 Å². The van der Waals surface area contributed by atoms with E-state index in [1.165, 1.54) is 0 Å². The molecule has 0 radical (unpaired) electrons. The van der Waals surface area contributed by atoms with Crippen LogP contribution < -0.4 is 5.32 Å². The molecule has 0 aromatic carbocycles. The van der Waals surface area contributed by atoms with Crippen molar-refractivity contribution in [1.82, 2.24) is 20.4 Å². The van der Waals surface area contributed by atoms with Gasteiger partial charge >= 0.3 is 0 Å². The third-order valence-corrected chi connectivity index (χ3v) is 3.43. The Morgan fingerprint density at radius 2 is 2.20 bits per heavy atom. The fourth-order valence-corrected chi connectivity index (χ4v) is 2.61. The summed E-state index contributed by atoms with van der Waals surface area (Å²) < 4.78 is 5.71. The summed E-state index contributed by atoms with van der Waals surface area (Å²) in [6.45, 7) is 8.02. The summed E-state index contributed by atoms with van der Waals surface area (Å²) in [5.41, 5.74) is 0.515. The van der Waals surface area contributed by atoms with Gasteiger partial charge in [0.25, 0.3) is 5.91 Å². The van der Waals surface area contributed by atoms with E-state index in [1.54, 1.807) is 12.3 Å². The van der Waals surface area contributed by atoms with Gasteiger partial charge in [-0.15, -0.1) is 0 Å². The van der Waals surface area contributed by atoms with Crippen LogP contribution in [0.3, 0.4) is 0 Å². The number of hydrogen-bond donors (Lipinski definition) is 2. The number of nitrogens with one attached hydrogen (secondary N) is 2. The highest BCUT2D eigenvalue weighted by Crippen LogP contribution is 2.11. The van der Waals surface area contributed by atoms with E-state index in [0.29, 0.717) is 24.4 Å². The third-order valence-electron chi connectivity index (χ3n) is 3.43. The van der Waals surface area contributed by atoms with Crippen molar-refractivity contribution >= 4 is 5.91 Å². The zero-order valence-electron chi connectivity index (χ0n) is 12.3. The zero-order chi connectivity index (χ0) is 14.4. The van der Waals surface area contributed by atoms with E-state index in [1.807, 2.05) is 0 Å². The lowest BCUT2D eigenvalue weighted by Crippen LogP contribution is -2.45. The SMILES string of the molecule is C[C@@H]1CN(CCCCNC(=O)c2ccn[nH]2)C[C@H](C)O1. The van der Waals surface area contributed by atoms with E-state index in [4.69, 9.17) is 4.74 Å². The van der Waals surface area contributed by atoms with Crippen LogP contribution in [-0.4, -0.2) is 59.4 Å². The molecular weight excluding hydrogens is 256 g/mol. The molecule has 1 aromatic rings. The number of unbranched alkanes of at least 4 members (excludes halogenated alkanes) is 1. The number of amides is 1. The largest absolute Gasteiger partial charge is 0.373 e. The minimum absolute atomic E-state index is 0.0869. The van der Waals surface area contributed by atoms with Crippen molar-refractivity contribution < 1.29 is 9.53 Å². The molecule has 1 aliphatic heterocycles. The molecule has 1 aromatic heterocycles. The number of ether oxygens (including phenoxy) is 1. The third kappa shape index (κ3) is 4.61. The van der Waals surface area contributed by atoms with E-state index in [0.717, 1.165) is 32.5 Å². The summed E-state index contributed by atoms with van der Waals surface area (Å²) in [4.78, 5) is 14.1. The first-order valence-electron chi connectivity index (χ1n) is 7.30. The molecule has 2 N–H and O–H groups in total. The summed E-state index contributed by atoms with van der Waals surface area (Å²) in [5.74, 6) is -0.0869. The summed E-state index contributed by atoms with van der Waals surface area (Å²) in [6, 6.07) is 1.67. The second kappa shape index (κ2) is 7.40. The van der Waals surface area contributed by atoms with Crippen molar-refractivity contribution in [3.8, 4) is 0 Å². The molecule has 1 fully saturated rings. The number of rotatable bonds is 6. The lowest BCUT2D eigenvalue weighted by molar-refractivity contribution is -0.0681. The molecule has 20 heavy (non-hydrogen) atoms. The Hall–Kier alpha value is -1.40. The van der Waals surface area contributed by atoms with Gasteiger partial charge in [-0.05, 0) is 39.3 Å². The first kappa shape index (κ1) is 15.0. The first-order valence-corrected chi connectivity index (χ1v) is 7.30. The average Bonchev–Trinajstić information content (AvgIpc) is 2.90. The van der Waals surface area contributed by atoms with Crippen LogP contribution in [0, 0.1) is 0 Å². The van der Waals surface area contributed by atoms with Crippen LogP contribution in [0.15, 0.2) is 12.3 Å². The number of carbonyl (C=O) groups excluding carboxylic acids is 1. The predicted molar refractivity (Wildman–Crippen MR) is 76.6 cm³/mol. The summed E-state index contributed by atoms with van der Waals surface area (Å²) in [7, 11) is 0. The van der Waals surface area contributed by atoms with Gasteiger partial charge in [0, 0.05) is 25.8 Å². The molecule has 112 valence electrons. The first-order chi connectivity index (χ1) is 9.65. The quantitative estimate of drug-likeness (QED) is 0.764. The molecule has 1 saturated heterocycles. The highest BCUT2D eigenvalue weighted by molar-refractivity contribution is 5.91. The van der Waals surface area contributed by atoms with Crippen LogP contribution in [-0.2, 0) is 4.74 Å². The van der Waals surface area contributed by atoms with Crippen LogP contribution in [0.2, 0.25) is 0 Å². The molecule has 2 atom stereocenters. The van der Waals surface area contributed by atoms with Crippen LogP contribution in [0.4, 0.5) is 0 Å². The van der Waals surface area contributed by atoms with Crippen LogP contribution in [0.5, 0.6) is 0 Å². The standard InChI is InChI=1S/C14H24N4O2/c1-11-9-18(10-12(2)20-11)8-4-3-6-15-14(19)13-5-7-16-17-13/h5,7,11-12H,3-4,6,8-10H2,1-2H3,(H,15,19)(H,16,17)/t11-,12+. The Balaban J connectivity index is 1.56. The number of hydrogen-bond acceptors (Lipinski definition) is 4. The van der Waals surface area contributed by atoms with Gasteiger partial charge in [0.1, 0.15) is 5.69 Å². The predicted octanol–water partition coefficient (Wildman–Crippen LogP) is 1.03. The van der Waals surface area contributed by atoms with Crippen molar-refractivity contribution in [1.29, 1.82) is 0 Å². The van der Waals surface area contributed by atoms with Gasteiger partial charge in [-0.25, -0.2) is 0 Å². The molecule has 0 spiro atoms. The van der Waals surface area contributed by atoms with E-state index in [9.17, 15) is 4.79 Å². The Bertz CT molecular complexity index is 397. The lowest BCUT2D eigenvalue weighted by Gasteiger charge is -2.35. The van der Waals surface area contributed by atoms with Crippen LogP contribution in [0.1, 0.15) is 37.2 Å².